The number of rotatable bonds is 5. The Labute approximate surface area is 195 Å². The molecule has 0 unspecified atom stereocenters. The van der Waals surface area contributed by atoms with Crippen LogP contribution in [0.4, 0.5) is 21.7 Å². The van der Waals surface area contributed by atoms with Gasteiger partial charge in [0.1, 0.15) is 18.2 Å². The molecule has 0 atom stereocenters. The van der Waals surface area contributed by atoms with Crippen molar-refractivity contribution in [3.05, 3.63) is 59.9 Å². The van der Waals surface area contributed by atoms with Crippen LogP contribution in [-0.4, -0.2) is 55.4 Å². The summed E-state index contributed by atoms with van der Waals surface area (Å²) in [6, 6.07) is 6.93. The van der Waals surface area contributed by atoms with E-state index in [1.807, 2.05) is 19.1 Å². The van der Waals surface area contributed by atoms with Gasteiger partial charge in [0.05, 0.1) is 18.5 Å². The number of nitrogens with one attached hydrogen (secondary N) is 1. The van der Waals surface area contributed by atoms with Gasteiger partial charge in [-0.05, 0) is 36.1 Å². The molecular weight excluding hydrogens is 437 g/mol. The van der Waals surface area contributed by atoms with Crippen molar-refractivity contribution in [3.63, 3.8) is 0 Å². The number of pyridine rings is 2. The first-order valence-corrected chi connectivity index (χ1v) is 10.9. The van der Waals surface area contributed by atoms with Crippen LogP contribution in [-0.2, 0) is 17.8 Å². The zero-order valence-electron chi connectivity index (χ0n) is 18.6. The molecule has 0 aliphatic carbocycles. The van der Waals surface area contributed by atoms with E-state index in [0.717, 1.165) is 16.6 Å². The first-order valence-electron chi connectivity index (χ1n) is 10.9. The third kappa shape index (κ3) is 4.03. The number of aliphatic hydroxyl groups excluding tert-OH is 1. The highest BCUT2D eigenvalue weighted by Crippen LogP contribution is 2.32. The summed E-state index contributed by atoms with van der Waals surface area (Å²) in [4.78, 5) is 22.5. The van der Waals surface area contributed by atoms with E-state index in [-0.39, 0.29) is 24.9 Å². The molecule has 10 heteroatoms. The van der Waals surface area contributed by atoms with E-state index < -0.39 is 0 Å². The second-order valence-electron chi connectivity index (χ2n) is 8.31. The molecule has 0 saturated heterocycles. The molecule has 3 aromatic heterocycles. The highest BCUT2D eigenvalue weighted by molar-refractivity contribution is 5.90. The third-order valence-corrected chi connectivity index (χ3v) is 6.12. The number of halogens is 1. The Morgan fingerprint density at radius 3 is 2.79 bits per heavy atom. The first-order chi connectivity index (χ1) is 16.4. The maximum absolute atomic E-state index is 14.9. The quantitative estimate of drug-likeness (QED) is 0.418. The monoisotopic (exact) mass is 461 g/mol. The number of hydrogen-bond donors (Lipinski definition) is 3. The minimum atomic E-state index is -0.372. The Hall–Kier alpha value is -4.05. The van der Waals surface area contributed by atoms with Crippen molar-refractivity contribution in [1.82, 2.24) is 24.6 Å². The summed E-state index contributed by atoms with van der Waals surface area (Å²) in [6.45, 7) is 2.76. The van der Waals surface area contributed by atoms with Gasteiger partial charge in [-0.2, -0.15) is 5.10 Å². The first kappa shape index (κ1) is 21.8. The van der Waals surface area contributed by atoms with Crippen LogP contribution in [0, 0.1) is 12.7 Å². The van der Waals surface area contributed by atoms with E-state index >= 15 is 0 Å². The van der Waals surface area contributed by atoms with Gasteiger partial charge >= 0.3 is 0 Å². The summed E-state index contributed by atoms with van der Waals surface area (Å²) < 4.78 is 16.5. The fourth-order valence-electron chi connectivity index (χ4n) is 4.20. The zero-order valence-corrected chi connectivity index (χ0v) is 18.6. The number of nitrogens with zero attached hydrogens (tertiary/aromatic N) is 5. The van der Waals surface area contributed by atoms with Crippen LogP contribution >= 0.6 is 0 Å². The normalized spacial score (nSPS) is 13.7. The fourth-order valence-corrected chi connectivity index (χ4v) is 4.20. The molecular formula is C24H24FN7O2. The van der Waals surface area contributed by atoms with Crippen LogP contribution in [0.25, 0.3) is 21.9 Å². The SMILES string of the molecule is Cc1c(N)cncc1-c1cc2cc(Nc3cc4n(n3)CC(=O)N(CCO)CC4)ncc2cc1F. The van der Waals surface area contributed by atoms with Crippen molar-refractivity contribution in [2.24, 2.45) is 0 Å². The molecule has 5 rings (SSSR count). The van der Waals surface area contributed by atoms with Gasteiger partial charge in [0.15, 0.2) is 5.82 Å². The molecule has 0 bridgehead atoms. The molecule has 174 valence electrons. The number of anilines is 3. The summed E-state index contributed by atoms with van der Waals surface area (Å²) in [6.07, 6.45) is 5.40. The lowest BCUT2D eigenvalue weighted by Crippen LogP contribution is -2.35. The number of benzene rings is 1. The van der Waals surface area contributed by atoms with E-state index in [1.165, 1.54) is 6.07 Å². The van der Waals surface area contributed by atoms with E-state index in [4.69, 9.17) is 10.8 Å². The van der Waals surface area contributed by atoms with Crippen molar-refractivity contribution in [1.29, 1.82) is 0 Å². The molecule has 1 aliphatic heterocycles. The second kappa shape index (κ2) is 8.71. The van der Waals surface area contributed by atoms with E-state index in [9.17, 15) is 9.18 Å². The zero-order chi connectivity index (χ0) is 23.8. The van der Waals surface area contributed by atoms with E-state index in [2.05, 4.69) is 20.4 Å². The highest BCUT2D eigenvalue weighted by atomic mass is 19.1. The number of aromatic nitrogens is 4. The molecule has 1 aliphatic rings. The van der Waals surface area contributed by atoms with Gasteiger partial charge in [-0.3, -0.25) is 14.5 Å². The van der Waals surface area contributed by atoms with Crippen LogP contribution in [0.3, 0.4) is 0 Å². The lowest BCUT2D eigenvalue weighted by molar-refractivity contribution is -0.132. The number of amides is 1. The van der Waals surface area contributed by atoms with Gasteiger partial charge < -0.3 is 21.1 Å². The molecule has 4 N–H and O–H groups in total. The molecule has 1 amide bonds. The predicted molar refractivity (Wildman–Crippen MR) is 127 cm³/mol. The molecule has 4 heterocycles. The summed E-state index contributed by atoms with van der Waals surface area (Å²) in [5.74, 6) is 0.674. The van der Waals surface area contributed by atoms with Crippen LogP contribution < -0.4 is 11.1 Å². The molecule has 0 saturated carbocycles. The summed E-state index contributed by atoms with van der Waals surface area (Å²) in [5.41, 5.74) is 9.22. The van der Waals surface area contributed by atoms with Gasteiger partial charge in [-0.25, -0.2) is 9.37 Å². The lowest BCUT2D eigenvalue weighted by atomic mass is 9.99. The molecule has 9 nitrogen and oxygen atoms in total. The maximum Gasteiger partial charge on any atom is 0.244 e. The number of fused-ring (bicyclic) bond motifs is 2. The smallest absolute Gasteiger partial charge is 0.244 e. The highest BCUT2D eigenvalue weighted by Gasteiger charge is 2.21. The number of hydrogen-bond acceptors (Lipinski definition) is 7. The average molecular weight is 462 g/mol. The van der Waals surface area contributed by atoms with Gasteiger partial charge in [0.2, 0.25) is 5.91 Å². The van der Waals surface area contributed by atoms with Gasteiger partial charge in [0, 0.05) is 60.2 Å². The molecule has 1 aromatic carbocycles. The number of nitrogen functional groups attached to an aromatic ring is 1. The van der Waals surface area contributed by atoms with E-state index in [1.54, 1.807) is 34.2 Å². The topological polar surface area (TPSA) is 122 Å². The maximum atomic E-state index is 14.9. The lowest BCUT2D eigenvalue weighted by Gasteiger charge is -2.18. The predicted octanol–water partition coefficient (Wildman–Crippen LogP) is 2.64. The van der Waals surface area contributed by atoms with Gasteiger partial charge in [-0.1, -0.05) is 0 Å². The minimum absolute atomic E-state index is 0.0617. The Morgan fingerprint density at radius 1 is 1.12 bits per heavy atom. The van der Waals surface area contributed by atoms with Crippen LogP contribution in [0.5, 0.6) is 0 Å². The molecule has 0 spiro atoms. The van der Waals surface area contributed by atoms with Crippen LogP contribution in [0.1, 0.15) is 11.3 Å². The number of aliphatic hydroxyl groups is 1. The second-order valence-corrected chi connectivity index (χ2v) is 8.31. The van der Waals surface area contributed by atoms with Crippen molar-refractivity contribution in [2.75, 3.05) is 30.7 Å². The minimum Gasteiger partial charge on any atom is -0.397 e. The van der Waals surface area contributed by atoms with Crippen LogP contribution in [0.15, 0.2) is 42.9 Å². The van der Waals surface area contributed by atoms with Crippen molar-refractivity contribution >= 4 is 34.0 Å². The Morgan fingerprint density at radius 2 is 1.97 bits per heavy atom. The Kier molecular flexibility index (Phi) is 5.58. The molecule has 34 heavy (non-hydrogen) atoms. The number of β-amino-alcohol motifs (C(OH)–C–C–N with tert-alkyl or cyclic N) is 1. The number of carbonyl (C=O) groups is 1. The van der Waals surface area contributed by atoms with Crippen molar-refractivity contribution in [3.8, 4) is 11.1 Å². The Bertz CT molecular complexity index is 1400. The third-order valence-electron chi connectivity index (χ3n) is 6.12. The summed E-state index contributed by atoms with van der Waals surface area (Å²) >= 11 is 0. The Balaban J connectivity index is 1.43. The number of carbonyl (C=O) groups excluding carboxylic acids is 1. The fraction of sp³-hybridized carbons (Fsp3) is 0.250. The summed E-state index contributed by atoms with van der Waals surface area (Å²) in [7, 11) is 0. The van der Waals surface area contributed by atoms with Gasteiger partial charge in [0.25, 0.3) is 0 Å². The largest absolute Gasteiger partial charge is 0.397 e. The van der Waals surface area contributed by atoms with E-state index in [0.29, 0.717) is 53.3 Å². The average Bonchev–Trinajstić information content (AvgIpc) is 3.12. The molecule has 0 radical (unpaired) electrons. The standard InChI is InChI=1S/C24H24FN7O2/c1-14-19(11-27-12-21(14)26)18-6-15-8-22(28-10-16(15)7-20(18)25)29-23-9-17-2-3-31(4-5-33)24(34)13-32(17)30-23/h6-12,33H,2-5,13,26H2,1H3,(H,28,29,30). The van der Waals surface area contributed by atoms with Gasteiger partial charge in [-0.15, -0.1) is 0 Å². The van der Waals surface area contributed by atoms with Crippen molar-refractivity contribution < 1.29 is 14.3 Å². The number of nitrogens with two attached hydrogens (primary N) is 1. The van der Waals surface area contributed by atoms with Crippen LogP contribution in [0.2, 0.25) is 0 Å². The van der Waals surface area contributed by atoms with Crippen molar-refractivity contribution in [2.45, 2.75) is 19.9 Å². The molecule has 4 aromatic rings. The molecule has 0 fully saturated rings. The summed E-state index contributed by atoms with van der Waals surface area (Å²) in [5, 5.41) is 18.3.